The van der Waals surface area contributed by atoms with Crippen molar-refractivity contribution in [3.8, 4) is 0 Å². The maximum absolute atomic E-state index is 12.0. The molecule has 1 unspecified atom stereocenters. The molecule has 7 nitrogen and oxygen atoms in total. The molecule has 150 valence electrons. The number of halogens is 1. The molecule has 1 aliphatic heterocycles. The SMILES string of the molecule is CCNC(=NCCC(=O)NC1CCS(=O)(=O)C1)N(C)Cc1cccc(Cl)c1. The van der Waals surface area contributed by atoms with Crippen molar-refractivity contribution in [3.63, 3.8) is 0 Å². The van der Waals surface area contributed by atoms with Gasteiger partial charge in [0.25, 0.3) is 0 Å². The minimum atomic E-state index is -2.99. The van der Waals surface area contributed by atoms with Crippen LogP contribution in [0.15, 0.2) is 29.3 Å². The Hall–Kier alpha value is -1.80. The van der Waals surface area contributed by atoms with Gasteiger partial charge in [0.05, 0.1) is 18.1 Å². The number of benzene rings is 1. The van der Waals surface area contributed by atoms with Crippen molar-refractivity contribution in [2.75, 3.05) is 31.6 Å². The summed E-state index contributed by atoms with van der Waals surface area (Å²) in [5, 5.41) is 6.67. The summed E-state index contributed by atoms with van der Waals surface area (Å²) in [5.41, 5.74) is 1.07. The topological polar surface area (TPSA) is 90.9 Å². The number of carbonyl (C=O) groups is 1. The van der Waals surface area contributed by atoms with E-state index in [1.807, 2.05) is 43.1 Å². The van der Waals surface area contributed by atoms with Crippen LogP contribution >= 0.6 is 11.6 Å². The van der Waals surface area contributed by atoms with Crippen LogP contribution in [-0.4, -0.2) is 62.9 Å². The Balaban J connectivity index is 1.85. The van der Waals surface area contributed by atoms with Gasteiger partial charge in [-0.05, 0) is 31.0 Å². The standard InChI is InChI=1S/C18H27ClN4O3S/c1-3-20-18(23(2)12-14-5-4-6-15(19)11-14)21-9-7-17(24)22-16-8-10-27(25,26)13-16/h4-6,11,16H,3,7-10,12-13H2,1-2H3,(H,20,21)(H,22,24). The normalized spacial score (nSPS) is 18.9. The van der Waals surface area contributed by atoms with E-state index in [-0.39, 0.29) is 29.9 Å². The number of nitrogens with one attached hydrogen (secondary N) is 2. The molecule has 2 N–H and O–H groups in total. The molecule has 1 heterocycles. The fourth-order valence-corrected chi connectivity index (χ4v) is 4.81. The van der Waals surface area contributed by atoms with Crippen LogP contribution in [0.5, 0.6) is 0 Å². The number of hydrogen-bond acceptors (Lipinski definition) is 4. The fourth-order valence-electron chi connectivity index (χ4n) is 2.93. The highest BCUT2D eigenvalue weighted by molar-refractivity contribution is 7.91. The fraction of sp³-hybridized carbons (Fsp3) is 0.556. The predicted octanol–water partition coefficient (Wildman–Crippen LogP) is 1.43. The van der Waals surface area contributed by atoms with E-state index in [0.717, 1.165) is 5.56 Å². The minimum absolute atomic E-state index is 0.0347. The minimum Gasteiger partial charge on any atom is -0.357 e. The second kappa shape index (κ2) is 9.94. The average Bonchev–Trinajstić information content (AvgIpc) is 2.92. The van der Waals surface area contributed by atoms with Crippen molar-refractivity contribution in [2.24, 2.45) is 4.99 Å². The molecule has 1 amide bonds. The van der Waals surface area contributed by atoms with Gasteiger partial charge in [-0.15, -0.1) is 0 Å². The molecule has 1 aromatic carbocycles. The van der Waals surface area contributed by atoms with E-state index in [0.29, 0.717) is 37.0 Å². The first-order chi connectivity index (χ1) is 12.8. The van der Waals surface area contributed by atoms with E-state index in [1.54, 1.807) is 0 Å². The zero-order valence-electron chi connectivity index (χ0n) is 15.7. The Kier molecular flexibility index (Phi) is 7.91. The van der Waals surface area contributed by atoms with Crippen LogP contribution in [0, 0.1) is 0 Å². The molecule has 9 heteroatoms. The molecule has 1 atom stereocenters. The van der Waals surface area contributed by atoms with E-state index in [9.17, 15) is 13.2 Å². The van der Waals surface area contributed by atoms with Gasteiger partial charge >= 0.3 is 0 Å². The van der Waals surface area contributed by atoms with Crippen molar-refractivity contribution in [1.29, 1.82) is 0 Å². The van der Waals surface area contributed by atoms with Crippen LogP contribution in [-0.2, 0) is 21.2 Å². The molecule has 0 radical (unpaired) electrons. The molecule has 0 bridgehead atoms. The highest BCUT2D eigenvalue weighted by atomic mass is 35.5. The lowest BCUT2D eigenvalue weighted by Gasteiger charge is -2.22. The van der Waals surface area contributed by atoms with Crippen LogP contribution < -0.4 is 10.6 Å². The Labute approximate surface area is 166 Å². The maximum atomic E-state index is 12.0. The highest BCUT2D eigenvalue weighted by Gasteiger charge is 2.28. The van der Waals surface area contributed by atoms with Crippen LogP contribution in [0.1, 0.15) is 25.3 Å². The molecular formula is C18H27ClN4O3S. The van der Waals surface area contributed by atoms with Gasteiger partial charge in [0.2, 0.25) is 5.91 Å². The number of nitrogens with zero attached hydrogens (tertiary/aromatic N) is 2. The van der Waals surface area contributed by atoms with Gasteiger partial charge in [-0.1, -0.05) is 23.7 Å². The van der Waals surface area contributed by atoms with Crippen molar-refractivity contribution < 1.29 is 13.2 Å². The van der Waals surface area contributed by atoms with E-state index < -0.39 is 9.84 Å². The van der Waals surface area contributed by atoms with Crippen LogP contribution in [0.4, 0.5) is 0 Å². The van der Waals surface area contributed by atoms with Gasteiger partial charge in [0.15, 0.2) is 15.8 Å². The van der Waals surface area contributed by atoms with Gasteiger partial charge in [0.1, 0.15) is 0 Å². The molecule has 1 aromatic rings. The summed E-state index contributed by atoms with van der Waals surface area (Å²) in [4.78, 5) is 18.5. The van der Waals surface area contributed by atoms with E-state index in [4.69, 9.17) is 11.6 Å². The lowest BCUT2D eigenvalue weighted by Crippen LogP contribution is -2.39. The quantitative estimate of drug-likeness (QED) is 0.520. The maximum Gasteiger partial charge on any atom is 0.222 e. The first-order valence-corrected chi connectivity index (χ1v) is 11.2. The smallest absolute Gasteiger partial charge is 0.222 e. The van der Waals surface area contributed by atoms with Crippen LogP contribution in [0.25, 0.3) is 0 Å². The van der Waals surface area contributed by atoms with Gasteiger partial charge in [0, 0.05) is 37.6 Å². The van der Waals surface area contributed by atoms with Gasteiger partial charge < -0.3 is 15.5 Å². The number of rotatable bonds is 7. The summed E-state index contributed by atoms with van der Waals surface area (Å²) in [7, 11) is -1.07. The summed E-state index contributed by atoms with van der Waals surface area (Å²) in [6.45, 7) is 3.66. The molecular weight excluding hydrogens is 388 g/mol. The first-order valence-electron chi connectivity index (χ1n) is 9.02. The number of guanidine groups is 1. The Bertz CT molecular complexity index is 783. The van der Waals surface area contributed by atoms with Crippen molar-refractivity contribution >= 4 is 33.3 Å². The summed E-state index contributed by atoms with van der Waals surface area (Å²) >= 11 is 6.03. The van der Waals surface area contributed by atoms with Gasteiger partial charge in [-0.3, -0.25) is 9.79 Å². The molecule has 1 aliphatic rings. The summed E-state index contributed by atoms with van der Waals surface area (Å²) in [6.07, 6.45) is 0.707. The molecule has 0 aromatic heterocycles. The highest BCUT2D eigenvalue weighted by Crippen LogP contribution is 2.13. The van der Waals surface area contributed by atoms with E-state index >= 15 is 0 Å². The molecule has 27 heavy (non-hydrogen) atoms. The van der Waals surface area contributed by atoms with Gasteiger partial charge in [-0.2, -0.15) is 0 Å². The number of carbonyl (C=O) groups excluding carboxylic acids is 1. The van der Waals surface area contributed by atoms with Crippen molar-refractivity contribution in [2.45, 2.75) is 32.4 Å². The van der Waals surface area contributed by atoms with Crippen LogP contribution in [0.3, 0.4) is 0 Å². The monoisotopic (exact) mass is 414 g/mol. The van der Waals surface area contributed by atoms with E-state index in [2.05, 4.69) is 15.6 Å². The summed E-state index contributed by atoms with van der Waals surface area (Å²) in [5.74, 6) is 0.713. The second-order valence-corrected chi connectivity index (χ2v) is 9.30. The third kappa shape index (κ3) is 7.38. The third-order valence-corrected chi connectivity index (χ3v) is 6.21. The molecule has 2 rings (SSSR count). The summed E-state index contributed by atoms with van der Waals surface area (Å²) in [6, 6.07) is 7.37. The lowest BCUT2D eigenvalue weighted by molar-refractivity contribution is -0.121. The molecule has 1 saturated heterocycles. The zero-order valence-corrected chi connectivity index (χ0v) is 17.3. The molecule has 0 saturated carbocycles. The largest absolute Gasteiger partial charge is 0.357 e. The number of sulfone groups is 1. The number of hydrogen-bond donors (Lipinski definition) is 2. The zero-order chi connectivity index (χ0) is 19.9. The lowest BCUT2D eigenvalue weighted by atomic mass is 10.2. The molecule has 0 spiro atoms. The average molecular weight is 415 g/mol. The summed E-state index contributed by atoms with van der Waals surface area (Å²) < 4.78 is 22.9. The number of amides is 1. The van der Waals surface area contributed by atoms with Crippen molar-refractivity contribution in [1.82, 2.24) is 15.5 Å². The van der Waals surface area contributed by atoms with Crippen molar-refractivity contribution in [3.05, 3.63) is 34.9 Å². The first kappa shape index (κ1) is 21.5. The Morgan fingerprint density at radius 2 is 2.19 bits per heavy atom. The Morgan fingerprint density at radius 3 is 2.81 bits per heavy atom. The third-order valence-electron chi connectivity index (χ3n) is 4.20. The van der Waals surface area contributed by atoms with Gasteiger partial charge in [-0.25, -0.2) is 8.42 Å². The predicted molar refractivity (Wildman–Crippen MR) is 109 cm³/mol. The van der Waals surface area contributed by atoms with E-state index in [1.165, 1.54) is 0 Å². The Morgan fingerprint density at radius 1 is 1.41 bits per heavy atom. The second-order valence-electron chi connectivity index (χ2n) is 6.64. The van der Waals surface area contributed by atoms with Crippen LogP contribution in [0.2, 0.25) is 5.02 Å². The molecule has 0 aliphatic carbocycles. The number of aliphatic imine (C=N–C) groups is 1. The molecule has 1 fully saturated rings.